The van der Waals surface area contributed by atoms with Gasteiger partial charge in [0.2, 0.25) is 0 Å². The molecule has 0 fully saturated rings. The van der Waals surface area contributed by atoms with Gasteiger partial charge in [-0.15, -0.1) is 0 Å². The third-order valence-electron chi connectivity index (χ3n) is 9.49. The van der Waals surface area contributed by atoms with Crippen LogP contribution in [-0.4, -0.2) is 149 Å². The Morgan fingerprint density at radius 2 is 0.463 bits per heavy atom. The van der Waals surface area contributed by atoms with Crippen molar-refractivity contribution in [1.29, 1.82) is 0 Å². The molecule has 0 atom stereocenters. The lowest BCUT2D eigenvalue weighted by atomic mass is 9.88. The van der Waals surface area contributed by atoms with Crippen LogP contribution in [0.4, 0.5) is 149 Å². The minimum Gasteiger partial charge on any atom is -0.371 e. The molecule has 0 saturated heterocycles. The number of halogens is 34. The molecule has 80 heavy (non-hydrogen) atoms. The molecule has 0 aromatic heterocycles. The zero-order chi connectivity index (χ0) is 65.5. The van der Waals surface area contributed by atoms with Crippen molar-refractivity contribution in [2.75, 3.05) is 0 Å². The van der Waals surface area contributed by atoms with Gasteiger partial charge < -0.3 is 26.6 Å². The van der Waals surface area contributed by atoms with Crippen molar-refractivity contribution in [1.82, 2.24) is 0 Å². The van der Waals surface area contributed by atoms with Gasteiger partial charge in [0.15, 0.2) is 0 Å². The molecule has 0 aromatic carbocycles. The zero-order valence-electron chi connectivity index (χ0n) is 42.6. The summed E-state index contributed by atoms with van der Waals surface area (Å²) in [6.07, 6.45) is -30.7. The lowest BCUT2D eigenvalue weighted by molar-refractivity contribution is -0.461. The molecule has 0 saturated carbocycles. The number of hydrogen-bond donors (Lipinski definition) is 0. The van der Waals surface area contributed by atoms with E-state index in [0.717, 1.165) is 41.5 Å². The van der Waals surface area contributed by atoms with Crippen molar-refractivity contribution in [3.63, 3.8) is 0 Å². The molecule has 0 aliphatic carbocycles. The van der Waals surface area contributed by atoms with Crippen LogP contribution in [0.3, 0.4) is 0 Å². The van der Waals surface area contributed by atoms with Gasteiger partial charge in [0.1, 0.15) is 0 Å². The van der Waals surface area contributed by atoms with Crippen LogP contribution < -0.4 is 0 Å². The van der Waals surface area contributed by atoms with Crippen LogP contribution in [0.15, 0.2) is 0 Å². The van der Waals surface area contributed by atoms with E-state index in [1.54, 1.807) is 0 Å². The Hall–Kier alpha value is -2.19. The molecular formula is C38H50F34O6Si2. The van der Waals surface area contributed by atoms with Gasteiger partial charge in [-0.1, -0.05) is 0 Å². The maximum atomic E-state index is 15.2. The molecule has 0 heterocycles. The van der Waals surface area contributed by atoms with Gasteiger partial charge in [-0.2, -0.15) is 149 Å². The fourth-order valence-corrected chi connectivity index (χ4v) is 12.2. The van der Waals surface area contributed by atoms with Crippen molar-refractivity contribution < 1.29 is 176 Å². The first-order chi connectivity index (χ1) is 34.4. The normalized spacial score (nSPS) is 16.1. The fourth-order valence-electron chi connectivity index (χ4n) is 5.90. The Kier molecular flexibility index (Phi) is 24.6. The average molecular weight is 1300 g/mol. The Morgan fingerprint density at radius 3 is 0.688 bits per heavy atom. The molecule has 0 aromatic rings. The van der Waals surface area contributed by atoms with Crippen LogP contribution in [0, 0.1) is 0 Å². The van der Waals surface area contributed by atoms with E-state index in [0.29, 0.717) is 0 Å². The van der Waals surface area contributed by atoms with Crippen LogP contribution >= 0.6 is 0 Å². The summed E-state index contributed by atoms with van der Waals surface area (Å²) < 4.78 is 495. The second-order valence-electron chi connectivity index (χ2n) is 18.7. The molecule has 0 aliphatic rings. The van der Waals surface area contributed by atoms with Gasteiger partial charge in [-0.25, -0.2) is 0 Å². The summed E-state index contributed by atoms with van der Waals surface area (Å²) in [5, 5.41) is 0. The third-order valence-corrected chi connectivity index (χ3v) is 16.3. The molecule has 0 unspecified atom stereocenters. The summed E-state index contributed by atoms with van der Waals surface area (Å²) in [6, 6.07) is -1.59. The lowest BCUT2D eigenvalue weighted by Crippen LogP contribution is -2.78. The first-order valence-corrected chi connectivity index (χ1v) is 25.6. The Labute approximate surface area is 433 Å². The summed E-state index contributed by atoms with van der Waals surface area (Å²) >= 11 is 0. The Balaban J connectivity index is 0. The minimum atomic E-state index is -8.66. The highest BCUT2D eigenvalue weighted by Crippen LogP contribution is 2.66. The highest BCUT2D eigenvalue weighted by molar-refractivity contribution is 6.64. The predicted molar refractivity (Wildman–Crippen MR) is 209 cm³/mol. The highest BCUT2D eigenvalue weighted by Gasteiger charge is 2.97. The monoisotopic (exact) mass is 1300 g/mol. The quantitative estimate of drug-likeness (QED) is 0.0528. The third kappa shape index (κ3) is 15.1. The van der Waals surface area contributed by atoms with Crippen LogP contribution in [0.5, 0.6) is 0 Å². The molecule has 0 radical (unpaired) electrons. The van der Waals surface area contributed by atoms with Gasteiger partial charge in [0.05, 0.1) is 0 Å². The smallest absolute Gasteiger partial charge is 0.371 e. The molecular weight excluding hydrogens is 1250 g/mol. The van der Waals surface area contributed by atoms with Crippen LogP contribution in [0.1, 0.15) is 102 Å². The second kappa shape index (κ2) is 24.7. The average Bonchev–Trinajstić information content (AvgIpc) is 3.19. The van der Waals surface area contributed by atoms with E-state index in [-0.39, 0.29) is 0 Å². The predicted octanol–water partition coefficient (Wildman–Crippen LogP) is 17.1. The van der Waals surface area contributed by atoms with Gasteiger partial charge in [-0.05, 0) is 83.1 Å². The van der Waals surface area contributed by atoms with E-state index in [1.807, 2.05) is 0 Å². The molecule has 0 N–H and O–H groups in total. The maximum absolute atomic E-state index is 15.2. The second-order valence-corrected chi connectivity index (χ2v) is 23.7. The van der Waals surface area contributed by atoms with Crippen LogP contribution in [0.25, 0.3) is 0 Å². The summed E-state index contributed by atoms with van der Waals surface area (Å²) in [6.45, 7) is 12.4. The first-order valence-electron chi connectivity index (χ1n) is 21.9. The van der Waals surface area contributed by atoms with E-state index in [4.69, 9.17) is 13.3 Å². The Morgan fingerprint density at radius 1 is 0.250 bits per heavy atom. The van der Waals surface area contributed by atoms with E-state index >= 15 is 8.78 Å². The highest BCUT2D eigenvalue weighted by atomic mass is 28.4. The van der Waals surface area contributed by atoms with E-state index in [9.17, 15) is 140 Å². The molecule has 484 valence electrons. The van der Waals surface area contributed by atoms with E-state index < -0.39 is 174 Å². The molecule has 42 heteroatoms. The van der Waals surface area contributed by atoms with Crippen molar-refractivity contribution in [2.24, 2.45) is 0 Å². The molecule has 0 rings (SSSR count). The molecule has 0 aliphatic heterocycles. The minimum absolute atomic E-state index is 0.813. The largest absolute Gasteiger partial charge is 0.582 e. The summed E-state index contributed by atoms with van der Waals surface area (Å²) in [5.41, 5.74) is -6.85. The molecule has 0 amide bonds. The van der Waals surface area contributed by atoms with Crippen molar-refractivity contribution >= 4 is 17.6 Å². The first kappa shape index (κ1) is 79.9. The molecule has 0 bridgehead atoms. The zero-order valence-corrected chi connectivity index (χ0v) is 44.6. The summed E-state index contributed by atoms with van der Waals surface area (Å²) in [4.78, 5) is 0. The van der Waals surface area contributed by atoms with Gasteiger partial charge >= 0.3 is 113 Å². The molecule has 0 spiro atoms. The van der Waals surface area contributed by atoms with Crippen LogP contribution in [-0.2, 0) is 26.6 Å². The van der Waals surface area contributed by atoms with Gasteiger partial charge in [-0.3, -0.25) is 0 Å². The van der Waals surface area contributed by atoms with Crippen LogP contribution in [0.2, 0.25) is 6.04 Å². The van der Waals surface area contributed by atoms with Gasteiger partial charge in [0, 0.05) is 61.9 Å². The lowest BCUT2D eigenvalue weighted by Gasteiger charge is -2.46. The Bertz CT molecular complexity index is 1900. The SMILES string of the molecule is CC(C)O[Si](CCC(F)(F)C(F)(F)C(F)(F)C(F)(F)C(F)(F)C(F)(F)C(F)(F)C(F)(F)F)(OC(C)C)OC(C)C.CC(C)O[Si](OC(C)C)(OC(C)C)C(F)(F)C(F)(F)C(F)(F)C(F)(F)C(F)(F)C(F)(F)C(F)(F)CCC(F)(F)F. The topological polar surface area (TPSA) is 55.4 Å². The maximum Gasteiger partial charge on any atom is 0.582 e. The fraction of sp³-hybridized carbons (Fsp3) is 1.00. The number of alkyl halides is 34. The van der Waals surface area contributed by atoms with Crippen molar-refractivity contribution in [3.05, 3.63) is 0 Å². The summed E-state index contributed by atoms with van der Waals surface area (Å²) in [7, 11) is -11.4. The summed E-state index contributed by atoms with van der Waals surface area (Å²) in [5.74, 6) is -104. The van der Waals surface area contributed by atoms with Crippen molar-refractivity contribution in [2.45, 2.75) is 240 Å². The molecule has 6 nitrogen and oxygen atoms in total. The number of rotatable bonds is 30. The van der Waals surface area contributed by atoms with Gasteiger partial charge in [0.25, 0.3) is 0 Å². The number of hydrogen-bond acceptors (Lipinski definition) is 6. The van der Waals surface area contributed by atoms with E-state index in [1.165, 1.54) is 41.5 Å². The van der Waals surface area contributed by atoms with Crippen molar-refractivity contribution in [3.8, 4) is 0 Å². The van der Waals surface area contributed by atoms with E-state index in [2.05, 4.69) is 13.3 Å². The standard InChI is InChI=1S/2C19H25F17O3Si/c1-9(2)37-40(38-10(3)4,39-11(5)6)8-7-12(20,21)13(22,23)14(24,25)15(26,27)16(28,29)17(30,31)18(32,33)19(34,35)36;1-9(2)37-40(38-10(3)4,39-11(5)6)19(35,36)18(33,34)17(31,32)16(29,30)15(27,28)14(25,26)12(20,21)7-8-13(22,23)24/h2*9-11H,7-8H2,1-6H3.